The lowest BCUT2D eigenvalue weighted by Crippen LogP contribution is -2.30. The number of carbonyl (C=O) groups is 2. The van der Waals surface area contributed by atoms with E-state index in [4.69, 9.17) is 14.2 Å². The average molecular weight is 405 g/mol. The first-order chi connectivity index (χ1) is 14.5. The number of rotatable bonds is 8. The highest BCUT2D eigenvalue weighted by Gasteiger charge is 2.19. The van der Waals surface area contributed by atoms with Crippen molar-refractivity contribution in [2.45, 2.75) is 19.6 Å². The van der Waals surface area contributed by atoms with Crippen LogP contribution in [0.25, 0.3) is 0 Å². The van der Waals surface area contributed by atoms with E-state index in [-0.39, 0.29) is 0 Å². The van der Waals surface area contributed by atoms with Crippen molar-refractivity contribution >= 4 is 17.6 Å². The summed E-state index contributed by atoms with van der Waals surface area (Å²) in [5.74, 6) is 0.205. The summed E-state index contributed by atoms with van der Waals surface area (Å²) in [5, 5.41) is 2.73. The summed E-state index contributed by atoms with van der Waals surface area (Å²) in [6.07, 6.45) is -0.960. The van der Waals surface area contributed by atoms with Gasteiger partial charge in [-0.25, -0.2) is 4.79 Å². The van der Waals surface area contributed by atoms with Crippen LogP contribution in [0.2, 0.25) is 0 Å². The molecule has 30 heavy (non-hydrogen) atoms. The third-order valence-corrected chi connectivity index (χ3v) is 4.33. The van der Waals surface area contributed by atoms with Gasteiger partial charge in [0.05, 0.1) is 12.7 Å². The zero-order chi connectivity index (χ0) is 21.3. The van der Waals surface area contributed by atoms with E-state index < -0.39 is 18.0 Å². The molecule has 0 saturated carbocycles. The maximum absolute atomic E-state index is 12.4. The maximum Gasteiger partial charge on any atom is 0.339 e. The molecule has 154 valence electrons. The van der Waals surface area contributed by atoms with Crippen molar-refractivity contribution in [3.8, 4) is 11.5 Å². The van der Waals surface area contributed by atoms with Crippen molar-refractivity contribution in [1.29, 1.82) is 0 Å². The van der Waals surface area contributed by atoms with Crippen molar-refractivity contribution in [2.75, 3.05) is 12.4 Å². The Balaban J connectivity index is 1.51. The molecule has 6 heteroatoms. The molecule has 0 spiro atoms. The van der Waals surface area contributed by atoms with Crippen LogP contribution in [-0.4, -0.2) is 25.1 Å². The Labute approximate surface area is 175 Å². The Morgan fingerprint density at radius 1 is 0.900 bits per heavy atom. The van der Waals surface area contributed by atoms with Gasteiger partial charge in [-0.1, -0.05) is 36.4 Å². The molecule has 0 aliphatic heterocycles. The highest BCUT2D eigenvalue weighted by Crippen LogP contribution is 2.18. The molecule has 0 fully saturated rings. The molecule has 0 bridgehead atoms. The number of anilines is 1. The van der Waals surface area contributed by atoms with Crippen LogP contribution in [0.4, 0.5) is 5.69 Å². The molecular formula is C24H23NO5. The Bertz CT molecular complexity index is 986. The second-order valence-corrected chi connectivity index (χ2v) is 6.57. The van der Waals surface area contributed by atoms with Gasteiger partial charge < -0.3 is 19.5 Å². The standard InChI is InChI=1S/C24H23NO5/c1-17(30-24(27)19-9-6-10-22(15-19)28-2)23(26)25-20-11-13-21(14-12-20)29-16-18-7-4-3-5-8-18/h3-15,17H,16H2,1-2H3,(H,25,26)/t17-/m0/s1. The molecular weight excluding hydrogens is 382 g/mol. The Kier molecular flexibility index (Phi) is 7.05. The first-order valence-corrected chi connectivity index (χ1v) is 9.48. The molecule has 0 radical (unpaired) electrons. The summed E-state index contributed by atoms with van der Waals surface area (Å²) < 4.78 is 16.1. The van der Waals surface area contributed by atoms with E-state index in [2.05, 4.69) is 5.32 Å². The first-order valence-electron chi connectivity index (χ1n) is 9.48. The van der Waals surface area contributed by atoms with Crippen LogP contribution in [0.1, 0.15) is 22.8 Å². The van der Waals surface area contributed by atoms with E-state index in [9.17, 15) is 9.59 Å². The molecule has 0 unspecified atom stereocenters. The molecule has 0 aromatic heterocycles. The summed E-state index contributed by atoms with van der Waals surface area (Å²) in [5.41, 5.74) is 1.96. The van der Waals surface area contributed by atoms with Crippen LogP contribution in [0, 0.1) is 0 Å². The topological polar surface area (TPSA) is 73.9 Å². The van der Waals surface area contributed by atoms with Gasteiger partial charge in [0.25, 0.3) is 5.91 Å². The van der Waals surface area contributed by atoms with E-state index in [1.807, 2.05) is 30.3 Å². The number of hydrogen-bond acceptors (Lipinski definition) is 5. The first kappa shape index (κ1) is 20.9. The molecule has 0 aliphatic carbocycles. The predicted octanol–water partition coefficient (Wildman–Crippen LogP) is 4.46. The van der Waals surface area contributed by atoms with Crippen LogP contribution < -0.4 is 14.8 Å². The minimum atomic E-state index is -0.960. The number of methoxy groups -OCH3 is 1. The number of nitrogens with one attached hydrogen (secondary N) is 1. The molecule has 6 nitrogen and oxygen atoms in total. The fraction of sp³-hybridized carbons (Fsp3) is 0.167. The van der Waals surface area contributed by atoms with Gasteiger partial charge in [-0.3, -0.25) is 4.79 Å². The lowest BCUT2D eigenvalue weighted by atomic mass is 10.2. The largest absolute Gasteiger partial charge is 0.497 e. The number of amides is 1. The summed E-state index contributed by atoms with van der Waals surface area (Å²) in [6, 6.07) is 23.4. The smallest absolute Gasteiger partial charge is 0.339 e. The lowest BCUT2D eigenvalue weighted by molar-refractivity contribution is -0.123. The number of carbonyl (C=O) groups excluding carboxylic acids is 2. The van der Waals surface area contributed by atoms with Gasteiger partial charge in [-0.2, -0.15) is 0 Å². The van der Waals surface area contributed by atoms with Crippen LogP contribution in [-0.2, 0) is 16.1 Å². The van der Waals surface area contributed by atoms with Gasteiger partial charge in [0, 0.05) is 5.69 Å². The van der Waals surface area contributed by atoms with Gasteiger partial charge in [0.1, 0.15) is 18.1 Å². The van der Waals surface area contributed by atoms with Crippen LogP contribution >= 0.6 is 0 Å². The van der Waals surface area contributed by atoms with E-state index in [1.165, 1.54) is 14.0 Å². The second kappa shape index (κ2) is 10.1. The highest BCUT2D eigenvalue weighted by molar-refractivity contribution is 5.97. The van der Waals surface area contributed by atoms with Crippen molar-refractivity contribution < 1.29 is 23.8 Å². The zero-order valence-electron chi connectivity index (χ0n) is 16.8. The Hall–Kier alpha value is -3.80. The van der Waals surface area contributed by atoms with Crippen molar-refractivity contribution in [3.63, 3.8) is 0 Å². The Morgan fingerprint density at radius 3 is 2.33 bits per heavy atom. The highest BCUT2D eigenvalue weighted by atomic mass is 16.5. The molecule has 3 rings (SSSR count). The number of esters is 1. The van der Waals surface area contributed by atoms with Gasteiger partial charge in [0.15, 0.2) is 6.10 Å². The molecule has 3 aromatic rings. The minimum absolute atomic E-state index is 0.314. The van der Waals surface area contributed by atoms with Crippen molar-refractivity contribution in [1.82, 2.24) is 0 Å². The van der Waals surface area contributed by atoms with Gasteiger partial charge in [-0.15, -0.1) is 0 Å². The third kappa shape index (κ3) is 5.85. The predicted molar refractivity (Wildman–Crippen MR) is 114 cm³/mol. The van der Waals surface area contributed by atoms with Gasteiger partial charge in [0.2, 0.25) is 0 Å². The van der Waals surface area contributed by atoms with Crippen molar-refractivity contribution in [2.24, 2.45) is 0 Å². The summed E-state index contributed by atoms with van der Waals surface area (Å²) in [7, 11) is 1.51. The van der Waals surface area contributed by atoms with E-state index in [0.29, 0.717) is 29.4 Å². The van der Waals surface area contributed by atoms with E-state index >= 15 is 0 Å². The molecule has 0 saturated heterocycles. The minimum Gasteiger partial charge on any atom is -0.497 e. The van der Waals surface area contributed by atoms with Gasteiger partial charge >= 0.3 is 5.97 Å². The quantitative estimate of drug-likeness (QED) is 0.560. The van der Waals surface area contributed by atoms with Crippen LogP contribution in [0.15, 0.2) is 78.9 Å². The number of ether oxygens (including phenoxy) is 3. The normalized spacial score (nSPS) is 11.3. The molecule has 0 heterocycles. The summed E-state index contributed by atoms with van der Waals surface area (Å²) >= 11 is 0. The van der Waals surface area contributed by atoms with Crippen molar-refractivity contribution in [3.05, 3.63) is 90.0 Å². The summed E-state index contributed by atoms with van der Waals surface area (Å²) in [4.78, 5) is 24.6. The van der Waals surface area contributed by atoms with E-state index in [0.717, 1.165) is 5.56 Å². The molecule has 1 amide bonds. The SMILES string of the molecule is COc1cccc(C(=O)O[C@@H](C)C(=O)Nc2ccc(OCc3ccccc3)cc2)c1. The molecule has 0 aliphatic rings. The zero-order valence-corrected chi connectivity index (χ0v) is 16.8. The summed E-state index contributed by atoms with van der Waals surface area (Å²) in [6.45, 7) is 1.98. The molecule has 1 atom stereocenters. The number of hydrogen-bond donors (Lipinski definition) is 1. The van der Waals surface area contributed by atoms with Crippen LogP contribution in [0.3, 0.4) is 0 Å². The molecule has 1 N–H and O–H groups in total. The maximum atomic E-state index is 12.4. The van der Waals surface area contributed by atoms with Crippen LogP contribution in [0.5, 0.6) is 11.5 Å². The fourth-order valence-corrected chi connectivity index (χ4v) is 2.65. The Morgan fingerprint density at radius 2 is 1.63 bits per heavy atom. The third-order valence-electron chi connectivity index (χ3n) is 4.33. The molecule has 3 aromatic carbocycles. The lowest BCUT2D eigenvalue weighted by Gasteiger charge is -2.14. The second-order valence-electron chi connectivity index (χ2n) is 6.57. The average Bonchev–Trinajstić information content (AvgIpc) is 2.79. The van der Waals surface area contributed by atoms with E-state index in [1.54, 1.807) is 48.5 Å². The van der Waals surface area contributed by atoms with Gasteiger partial charge in [-0.05, 0) is 55.0 Å². The number of benzene rings is 3. The monoisotopic (exact) mass is 405 g/mol. The fourth-order valence-electron chi connectivity index (χ4n) is 2.65.